The average molecular weight is 652 g/mol. The molecule has 0 amide bonds. The summed E-state index contributed by atoms with van der Waals surface area (Å²) in [7, 11) is 0. The summed E-state index contributed by atoms with van der Waals surface area (Å²) in [4.78, 5) is 2.34. The van der Waals surface area contributed by atoms with Crippen molar-refractivity contribution in [2.45, 2.75) is 5.41 Å². The minimum absolute atomic E-state index is 0.423. The molecule has 0 bridgehead atoms. The summed E-state index contributed by atoms with van der Waals surface area (Å²) in [5, 5.41) is 2.28. The highest BCUT2D eigenvalue weighted by molar-refractivity contribution is 6.06. The van der Waals surface area contributed by atoms with Gasteiger partial charge in [-0.2, -0.15) is 0 Å². The van der Waals surface area contributed by atoms with Crippen molar-refractivity contribution in [1.82, 2.24) is 0 Å². The van der Waals surface area contributed by atoms with E-state index in [0.717, 1.165) is 44.6 Å². The van der Waals surface area contributed by atoms with Gasteiger partial charge in [0.25, 0.3) is 0 Å². The van der Waals surface area contributed by atoms with E-state index < -0.39 is 5.41 Å². The van der Waals surface area contributed by atoms with Gasteiger partial charge in [-0.15, -0.1) is 0 Å². The SMILES string of the molecule is c1ccc(N(c2ccc(-c3ccc4oc5ccccc5c4c3)cc2)c2ccc(C3(c4ccccc4)c4ccccc4-c4ccccc43)cc2)cc1. The van der Waals surface area contributed by atoms with Crippen molar-refractivity contribution in [2.24, 2.45) is 0 Å². The van der Waals surface area contributed by atoms with Crippen molar-refractivity contribution in [1.29, 1.82) is 0 Å². The molecule has 0 N–H and O–H groups in total. The molecule has 0 radical (unpaired) electrons. The van der Waals surface area contributed by atoms with E-state index in [1.54, 1.807) is 0 Å². The van der Waals surface area contributed by atoms with Crippen LogP contribution in [-0.2, 0) is 5.41 Å². The molecule has 8 aromatic carbocycles. The molecule has 1 aromatic heterocycles. The molecule has 0 atom stereocenters. The van der Waals surface area contributed by atoms with Crippen molar-refractivity contribution in [3.63, 3.8) is 0 Å². The van der Waals surface area contributed by atoms with E-state index in [-0.39, 0.29) is 0 Å². The van der Waals surface area contributed by atoms with E-state index in [4.69, 9.17) is 4.42 Å². The molecule has 1 aliphatic rings. The van der Waals surface area contributed by atoms with Gasteiger partial charge in [0.2, 0.25) is 0 Å². The van der Waals surface area contributed by atoms with E-state index >= 15 is 0 Å². The lowest BCUT2D eigenvalue weighted by atomic mass is 9.68. The van der Waals surface area contributed by atoms with E-state index in [1.807, 2.05) is 12.1 Å². The maximum Gasteiger partial charge on any atom is 0.135 e. The van der Waals surface area contributed by atoms with Crippen LogP contribution in [0.3, 0.4) is 0 Å². The summed E-state index contributed by atoms with van der Waals surface area (Å²) in [5.41, 5.74) is 14.8. The van der Waals surface area contributed by atoms with Gasteiger partial charge < -0.3 is 9.32 Å². The molecule has 0 unspecified atom stereocenters. The monoisotopic (exact) mass is 651 g/mol. The Kier molecular flexibility index (Phi) is 6.75. The Hall–Kier alpha value is -6.64. The Morgan fingerprint density at radius 1 is 0.353 bits per heavy atom. The predicted molar refractivity (Wildman–Crippen MR) is 211 cm³/mol. The summed E-state index contributed by atoms with van der Waals surface area (Å²) in [6.45, 7) is 0. The van der Waals surface area contributed by atoms with Crippen LogP contribution in [0.2, 0.25) is 0 Å². The first-order valence-corrected chi connectivity index (χ1v) is 17.5. The second-order valence-corrected chi connectivity index (χ2v) is 13.3. The lowest BCUT2D eigenvalue weighted by molar-refractivity contribution is 0.669. The number of fused-ring (bicyclic) bond motifs is 6. The standard InChI is InChI=1S/C49H33NO/c1-3-13-36(14-4-1)49(45-20-10-7-17-41(45)42-18-8-11-21-46(42)49)37-26-30-40(31-27-37)50(38-15-5-2-6-16-38)39-28-23-34(24-29-39)35-25-32-48-44(33-35)43-19-9-12-22-47(43)51-48/h1-33H. The van der Waals surface area contributed by atoms with Gasteiger partial charge in [0.05, 0.1) is 5.41 Å². The summed E-state index contributed by atoms with van der Waals surface area (Å²) in [5.74, 6) is 0. The summed E-state index contributed by atoms with van der Waals surface area (Å²) in [6.07, 6.45) is 0. The Labute approximate surface area is 297 Å². The summed E-state index contributed by atoms with van der Waals surface area (Å²) < 4.78 is 6.09. The van der Waals surface area contributed by atoms with Gasteiger partial charge in [0.15, 0.2) is 0 Å². The van der Waals surface area contributed by atoms with Crippen molar-refractivity contribution < 1.29 is 4.42 Å². The average Bonchev–Trinajstić information content (AvgIpc) is 3.73. The molecule has 0 saturated heterocycles. The van der Waals surface area contributed by atoms with Crippen LogP contribution in [-0.4, -0.2) is 0 Å². The maximum absolute atomic E-state index is 6.09. The molecule has 0 spiro atoms. The third kappa shape index (κ3) is 4.57. The molecule has 1 aliphatic carbocycles. The summed E-state index contributed by atoms with van der Waals surface area (Å²) >= 11 is 0. The predicted octanol–water partition coefficient (Wildman–Crippen LogP) is 13.1. The zero-order chi connectivity index (χ0) is 33.8. The minimum Gasteiger partial charge on any atom is -0.456 e. The highest BCUT2D eigenvalue weighted by Crippen LogP contribution is 2.56. The number of hydrogen-bond acceptors (Lipinski definition) is 2. The van der Waals surface area contributed by atoms with Crippen LogP contribution in [0.4, 0.5) is 17.1 Å². The zero-order valence-electron chi connectivity index (χ0n) is 27.9. The Balaban J connectivity index is 1.08. The fraction of sp³-hybridized carbons (Fsp3) is 0.0204. The van der Waals surface area contributed by atoms with Crippen LogP contribution >= 0.6 is 0 Å². The van der Waals surface area contributed by atoms with Crippen molar-refractivity contribution in [3.8, 4) is 22.3 Å². The molecular weight excluding hydrogens is 619 g/mol. The minimum atomic E-state index is -0.423. The van der Waals surface area contributed by atoms with E-state index in [0.29, 0.717) is 0 Å². The molecule has 2 nitrogen and oxygen atoms in total. The number of rotatable bonds is 6. The molecule has 51 heavy (non-hydrogen) atoms. The third-order valence-corrected chi connectivity index (χ3v) is 10.6. The maximum atomic E-state index is 6.09. The van der Waals surface area contributed by atoms with E-state index in [9.17, 15) is 0 Å². The largest absolute Gasteiger partial charge is 0.456 e. The smallest absolute Gasteiger partial charge is 0.135 e. The highest BCUT2D eigenvalue weighted by Gasteiger charge is 2.45. The van der Waals surface area contributed by atoms with E-state index in [2.05, 4.69) is 193 Å². The van der Waals surface area contributed by atoms with Gasteiger partial charge in [-0.05, 0) is 99.1 Å². The van der Waals surface area contributed by atoms with Crippen molar-refractivity contribution in [2.75, 3.05) is 4.90 Å². The van der Waals surface area contributed by atoms with Crippen LogP contribution in [0, 0.1) is 0 Å². The fourth-order valence-electron chi connectivity index (χ4n) is 8.31. The fourth-order valence-corrected chi connectivity index (χ4v) is 8.31. The molecular formula is C49H33NO. The second kappa shape index (κ2) is 11.8. The third-order valence-electron chi connectivity index (χ3n) is 10.6. The number of benzene rings is 8. The van der Waals surface area contributed by atoms with Gasteiger partial charge in [-0.25, -0.2) is 0 Å². The van der Waals surface area contributed by atoms with Crippen LogP contribution in [0.25, 0.3) is 44.2 Å². The molecule has 240 valence electrons. The van der Waals surface area contributed by atoms with Crippen LogP contribution < -0.4 is 4.90 Å². The first kappa shape index (κ1) is 29.3. The zero-order valence-corrected chi connectivity index (χ0v) is 27.9. The van der Waals surface area contributed by atoms with Crippen molar-refractivity contribution >= 4 is 39.0 Å². The Morgan fingerprint density at radius 2 is 0.843 bits per heavy atom. The number of anilines is 3. The normalized spacial score (nSPS) is 12.9. The number of furan rings is 1. The molecule has 0 fully saturated rings. The van der Waals surface area contributed by atoms with Gasteiger partial charge in [-0.3, -0.25) is 0 Å². The second-order valence-electron chi connectivity index (χ2n) is 13.3. The quantitative estimate of drug-likeness (QED) is 0.178. The van der Waals surface area contributed by atoms with Gasteiger partial charge in [-0.1, -0.05) is 146 Å². The van der Waals surface area contributed by atoms with Crippen LogP contribution in [0.5, 0.6) is 0 Å². The number of para-hydroxylation sites is 2. The first-order chi connectivity index (χ1) is 25.3. The molecule has 2 heteroatoms. The molecule has 9 aromatic rings. The van der Waals surface area contributed by atoms with Gasteiger partial charge >= 0.3 is 0 Å². The topological polar surface area (TPSA) is 16.4 Å². The van der Waals surface area contributed by atoms with Gasteiger partial charge in [0.1, 0.15) is 11.2 Å². The number of nitrogens with zero attached hydrogens (tertiary/aromatic N) is 1. The van der Waals surface area contributed by atoms with E-state index in [1.165, 1.54) is 38.9 Å². The molecule has 1 heterocycles. The Morgan fingerprint density at radius 3 is 1.53 bits per heavy atom. The lowest BCUT2D eigenvalue weighted by Gasteiger charge is -2.34. The Bertz CT molecular complexity index is 2630. The number of hydrogen-bond donors (Lipinski definition) is 0. The molecule has 0 saturated carbocycles. The molecule has 0 aliphatic heterocycles. The molecule has 10 rings (SSSR count). The van der Waals surface area contributed by atoms with Gasteiger partial charge in [0, 0.05) is 27.8 Å². The van der Waals surface area contributed by atoms with Crippen LogP contribution in [0.1, 0.15) is 22.3 Å². The summed E-state index contributed by atoms with van der Waals surface area (Å²) in [6, 6.07) is 72.2. The van der Waals surface area contributed by atoms with Crippen molar-refractivity contribution in [3.05, 3.63) is 222 Å². The first-order valence-electron chi connectivity index (χ1n) is 17.5. The van der Waals surface area contributed by atoms with Crippen LogP contribution in [0.15, 0.2) is 205 Å². The lowest BCUT2D eigenvalue weighted by Crippen LogP contribution is -2.28. The highest BCUT2D eigenvalue weighted by atomic mass is 16.3.